The van der Waals surface area contributed by atoms with Gasteiger partial charge in [0.25, 0.3) is 0 Å². The van der Waals surface area contributed by atoms with E-state index in [-0.39, 0.29) is 24.8 Å². The summed E-state index contributed by atoms with van der Waals surface area (Å²) in [6.45, 7) is 0.681. The van der Waals surface area contributed by atoms with E-state index in [0.29, 0.717) is 48.1 Å². The minimum Gasteiger partial charge on any atom is -0.481 e. The van der Waals surface area contributed by atoms with Crippen LogP contribution in [-0.4, -0.2) is 46.5 Å². The third kappa shape index (κ3) is 7.69. The average molecular weight is 459 g/mol. The highest BCUT2D eigenvalue weighted by molar-refractivity contribution is 8.01. The van der Waals surface area contributed by atoms with Crippen molar-refractivity contribution in [1.82, 2.24) is 10.6 Å². The number of nitrogens with one attached hydrogen (secondary N) is 2. The van der Waals surface area contributed by atoms with Gasteiger partial charge in [0.2, 0.25) is 11.8 Å². The van der Waals surface area contributed by atoms with Crippen LogP contribution in [0.25, 0.3) is 0 Å². The molecule has 32 heavy (non-hydrogen) atoms. The van der Waals surface area contributed by atoms with E-state index in [0.717, 1.165) is 18.4 Å². The molecule has 0 radical (unpaired) electrons. The van der Waals surface area contributed by atoms with E-state index < -0.39 is 5.97 Å². The molecule has 3 N–H and O–H groups in total. The summed E-state index contributed by atoms with van der Waals surface area (Å²) in [6.07, 6.45) is 10.5. The van der Waals surface area contributed by atoms with Gasteiger partial charge >= 0.3 is 5.97 Å². The number of carbonyl (C=O) groups excluding carboxylic acids is 2. The van der Waals surface area contributed by atoms with Crippen molar-refractivity contribution in [1.29, 1.82) is 0 Å². The van der Waals surface area contributed by atoms with Gasteiger partial charge < -0.3 is 15.7 Å². The standard InChI is InChI=1S/C25H34N2O4S/c28-23(15-12-18-8-4-3-5-9-18)27-17-24(29)26-16-20-19(21-13-14-22(20)32-21)10-6-1-2-7-11-25(30)31/h1,3-6,8-9,19-22H,2,7,10-17H2,(H,26,29)(H,27,28)(H,30,31)/b6-1-/t19-,20+,21-,22+/m0/s1. The quantitative estimate of drug-likeness (QED) is 0.310. The molecule has 2 heterocycles. The van der Waals surface area contributed by atoms with E-state index in [1.807, 2.05) is 30.3 Å². The minimum atomic E-state index is -0.744. The normalized spacial score (nSPS) is 24.0. The van der Waals surface area contributed by atoms with Crippen LogP contribution in [0.4, 0.5) is 0 Å². The predicted molar refractivity (Wildman–Crippen MR) is 127 cm³/mol. The van der Waals surface area contributed by atoms with Crippen LogP contribution < -0.4 is 10.6 Å². The molecular formula is C25H34N2O4S. The molecule has 4 atom stereocenters. The Labute approximate surface area is 194 Å². The smallest absolute Gasteiger partial charge is 0.303 e. The van der Waals surface area contributed by atoms with Crippen LogP contribution in [0, 0.1) is 11.8 Å². The Morgan fingerprint density at radius 3 is 2.47 bits per heavy atom. The molecule has 0 saturated carbocycles. The molecule has 2 aliphatic rings. The lowest BCUT2D eigenvalue weighted by Crippen LogP contribution is -2.42. The molecule has 1 aromatic rings. The Morgan fingerprint density at radius 2 is 1.72 bits per heavy atom. The van der Waals surface area contributed by atoms with E-state index in [2.05, 4.69) is 34.5 Å². The number of aliphatic carboxylic acids is 1. The highest BCUT2D eigenvalue weighted by Crippen LogP contribution is 2.54. The maximum Gasteiger partial charge on any atom is 0.303 e. The first kappa shape index (κ1) is 24.4. The molecule has 7 heteroatoms. The number of amides is 2. The summed E-state index contributed by atoms with van der Waals surface area (Å²) in [6, 6.07) is 9.85. The topological polar surface area (TPSA) is 95.5 Å². The lowest BCUT2D eigenvalue weighted by molar-refractivity contribution is -0.137. The predicted octanol–water partition coefficient (Wildman–Crippen LogP) is 3.56. The van der Waals surface area contributed by atoms with Crippen molar-refractivity contribution in [3.63, 3.8) is 0 Å². The van der Waals surface area contributed by atoms with E-state index in [1.165, 1.54) is 12.8 Å². The zero-order chi connectivity index (χ0) is 22.8. The molecule has 0 spiro atoms. The Kier molecular flexibility index (Phi) is 9.65. The molecule has 0 aliphatic carbocycles. The number of allylic oxidation sites excluding steroid dienone is 2. The molecule has 2 amide bonds. The van der Waals surface area contributed by atoms with Gasteiger partial charge in [-0.3, -0.25) is 14.4 Å². The SMILES string of the molecule is O=C(O)CCC/C=C\C[C@H]1[C@@H](CNC(=O)CNC(=O)CCc2ccccc2)[C@H]2CC[C@@H]1S2. The first-order valence-corrected chi connectivity index (χ1v) is 12.6. The molecular weight excluding hydrogens is 424 g/mol. The summed E-state index contributed by atoms with van der Waals surface area (Å²) in [5.74, 6) is 0.0284. The number of unbranched alkanes of at least 4 members (excludes halogenated alkanes) is 1. The number of carbonyl (C=O) groups is 3. The lowest BCUT2D eigenvalue weighted by atomic mass is 9.77. The third-order valence-electron chi connectivity index (χ3n) is 6.39. The van der Waals surface area contributed by atoms with Crippen LogP contribution in [0.15, 0.2) is 42.5 Å². The van der Waals surface area contributed by atoms with Gasteiger partial charge in [-0.1, -0.05) is 42.5 Å². The molecule has 2 fully saturated rings. The van der Waals surface area contributed by atoms with Gasteiger partial charge in [0.05, 0.1) is 6.54 Å². The van der Waals surface area contributed by atoms with Crippen LogP contribution >= 0.6 is 11.8 Å². The number of hydrogen-bond acceptors (Lipinski definition) is 4. The molecule has 3 rings (SSSR count). The third-order valence-corrected chi connectivity index (χ3v) is 8.26. The van der Waals surface area contributed by atoms with Gasteiger partial charge in [0, 0.05) is 29.9 Å². The summed E-state index contributed by atoms with van der Waals surface area (Å²) in [4.78, 5) is 34.9. The first-order valence-electron chi connectivity index (χ1n) is 11.6. The van der Waals surface area contributed by atoms with Gasteiger partial charge in [-0.25, -0.2) is 0 Å². The monoisotopic (exact) mass is 458 g/mol. The Balaban J connectivity index is 1.34. The van der Waals surface area contributed by atoms with Crippen molar-refractivity contribution in [2.75, 3.05) is 13.1 Å². The average Bonchev–Trinajstić information content (AvgIpc) is 3.39. The van der Waals surface area contributed by atoms with Gasteiger partial charge in [-0.05, 0) is 55.9 Å². The maximum atomic E-state index is 12.3. The fourth-order valence-electron chi connectivity index (χ4n) is 4.69. The molecule has 0 aromatic heterocycles. The number of carboxylic acid groups (broad SMARTS) is 1. The molecule has 6 nitrogen and oxygen atoms in total. The van der Waals surface area contributed by atoms with Crippen LogP contribution in [0.5, 0.6) is 0 Å². The number of benzene rings is 1. The Hall–Kier alpha value is -2.28. The maximum absolute atomic E-state index is 12.3. The number of aryl methyl sites for hydroxylation is 1. The van der Waals surface area contributed by atoms with E-state index in [1.54, 1.807) is 0 Å². The van der Waals surface area contributed by atoms with Crippen molar-refractivity contribution < 1.29 is 19.5 Å². The Bertz CT molecular complexity index is 798. The van der Waals surface area contributed by atoms with E-state index in [9.17, 15) is 14.4 Å². The highest BCUT2D eigenvalue weighted by Gasteiger charge is 2.47. The second kappa shape index (κ2) is 12.7. The van der Waals surface area contributed by atoms with Crippen LogP contribution in [0.3, 0.4) is 0 Å². The zero-order valence-electron chi connectivity index (χ0n) is 18.5. The summed E-state index contributed by atoms with van der Waals surface area (Å²) in [5, 5.41) is 15.7. The lowest BCUT2D eigenvalue weighted by Gasteiger charge is -2.29. The molecule has 0 unspecified atom stereocenters. The fourth-order valence-corrected chi connectivity index (χ4v) is 6.69. The summed E-state index contributed by atoms with van der Waals surface area (Å²) >= 11 is 2.06. The van der Waals surface area contributed by atoms with Gasteiger partial charge in [0.1, 0.15) is 0 Å². The fraction of sp³-hybridized carbons (Fsp3) is 0.560. The van der Waals surface area contributed by atoms with Crippen molar-refractivity contribution in [2.24, 2.45) is 11.8 Å². The molecule has 174 valence electrons. The molecule has 2 saturated heterocycles. The number of hydrogen-bond donors (Lipinski definition) is 3. The number of fused-ring (bicyclic) bond motifs is 2. The molecule has 2 aliphatic heterocycles. The van der Waals surface area contributed by atoms with E-state index >= 15 is 0 Å². The van der Waals surface area contributed by atoms with Gasteiger partial charge in [0.15, 0.2) is 0 Å². The second-order valence-electron chi connectivity index (χ2n) is 8.68. The Morgan fingerprint density at radius 1 is 0.969 bits per heavy atom. The molecule has 2 bridgehead atoms. The van der Waals surface area contributed by atoms with Crippen molar-refractivity contribution in [3.05, 3.63) is 48.0 Å². The van der Waals surface area contributed by atoms with Crippen molar-refractivity contribution in [3.8, 4) is 0 Å². The minimum absolute atomic E-state index is 0.0235. The first-order chi connectivity index (χ1) is 15.5. The van der Waals surface area contributed by atoms with Crippen LogP contribution in [0.1, 0.15) is 50.5 Å². The second-order valence-corrected chi connectivity index (χ2v) is 10.2. The van der Waals surface area contributed by atoms with Crippen LogP contribution in [-0.2, 0) is 20.8 Å². The van der Waals surface area contributed by atoms with Crippen molar-refractivity contribution >= 4 is 29.5 Å². The largest absolute Gasteiger partial charge is 0.481 e. The zero-order valence-corrected chi connectivity index (χ0v) is 19.3. The van der Waals surface area contributed by atoms with Crippen molar-refractivity contribution in [2.45, 2.75) is 61.9 Å². The van der Waals surface area contributed by atoms with Gasteiger partial charge in [-0.2, -0.15) is 11.8 Å². The summed E-state index contributed by atoms with van der Waals surface area (Å²) in [5.41, 5.74) is 1.11. The van der Waals surface area contributed by atoms with Gasteiger partial charge in [-0.15, -0.1) is 0 Å². The highest BCUT2D eigenvalue weighted by atomic mass is 32.2. The van der Waals surface area contributed by atoms with Crippen LogP contribution in [0.2, 0.25) is 0 Å². The molecule has 1 aromatic carbocycles. The summed E-state index contributed by atoms with van der Waals surface area (Å²) < 4.78 is 0. The summed E-state index contributed by atoms with van der Waals surface area (Å²) in [7, 11) is 0. The van der Waals surface area contributed by atoms with E-state index in [4.69, 9.17) is 5.11 Å². The number of thioether (sulfide) groups is 1. The number of carboxylic acids is 1. The number of rotatable bonds is 13.